The van der Waals surface area contributed by atoms with Crippen molar-refractivity contribution in [1.82, 2.24) is 0 Å². The highest BCUT2D eigenvalue weighted by atomic mass is 19.4. The molecule has 0 aliphatic heterocycles. The van der Waals surface area contributed by atoms with Crippen LogP contribution in [-0.4, -0.2) is 41.6 Å². The summed E-state index contributed by atoms with van der Waals surface area (Å²) in [5.74, 6) is -24.1. The average molecular weight is 316 g/mol. The van der Waals surface area contributed by atoms with Crippen LogP contribution in [0.3, 0.4) is 0 Å². The van der Waals surface area contributed by atoms with E-state index in [0.29, 0.717) is 12.8 Å². The van der Waals surface area contributed by atoms with Crippen molar-refractivity contribution in [1.29, 1.82) is 0 Å². The fraction of sp³-hybridized carbons (Fsp3) is 0.889. The summed E-state index contributed by atoms with van der Waals surface area (Å²) < 4.78 is 106. The predicted octanol–water partition coefficient (Wildman–Crippen LogP) is 3.00. The highest BCUT2D eigenvalue weighted by Crippen LogP contribution is 2.53. The third-order valence-corrected chi connectivity index (χ3v) is 2.62. The van der Waals surface area contributed by atoms with Gasteiger partial charge >= 0.3 is 29.8 Å². The van der Waals surface area contributed by atoms with E-state index in [-0.39, 0.29) is 0 Å². The van der Waals surface area contributed by atoms with Crippen molar-refractivity contribution < 1.29 is 49.8 Å². The van der Waals surface area contributed by atoms with E-state index < -0.39 is 42.4 Å². The monoisotopic (exact) mass is 316 g/mol. The lowest BCUT2D eigenvalue weighted by atomic mass is 10.0. The van der Waals surface area contributed by atoms with Crippen molar-refractivity contribution in [3.05, 3.63) is 0 Å². The normalized spacial score (nSPS) is 18.2. The van der Waals surface area contributed by atoms with Crippen LogP contribution >= 0.6 is 0 Å². The molecule has 0 heterocycles. The molecule has 118 valence electrons. The number of alkyl halides is 8. The lowest BCUT2D eigenvalue weighted by Gasteiger charge is -2.34. The Hall–Kier alpha value is -1.13. The molecule has 1 saturated carbocycles. The molecule has 3 nitrogen and oxygen atoms in total. The van der Waals surface area contributed by atoms with Gasteiger partial charge in [-0.1, -0.05) is 0 Å². The second-order valence-electron chi connectivity index (χ2n) is 4.30. The van der Waals surface area contributed by atoms with E-state index in [1.807, 2.05) is 0 Å². The molecule has 0 amide bonds. The highest BCUT2D eigenvalue weighted by Gasteiger charge is 2.84. The van der Waals surface area contributed by atoms with Crippen LogP contribution in [0.2, 0.25) is 0 Å². The smallest absolute Gasteiger partial charge is 0.426 e. The molecule has 20 heavy (non-hydrogen) atoms. The summed E-state index contributed by atoms with van der Waals surface area (Å²) in [6.45, 7) is -1.02. The van der Waals surface area contributed by atoms with Crippen molar-refractivity contribution in [2.45, 2.75) is 36.7 Å². The number of hydrogen-bond acceptors (Lipinski definition) is 2. The van der Waals surface area contributed by atoms with E-state index in [9.17, 15) is 39.9 Å². The zero-order valence-electron chi connectivity index (χ0n) is 9.49. The van der Waals surface area contributed by atoms with Gasteiger partial charge in [-0.15, -0.1) is 0 Å². The largest absolute Gasteiger partial charge is 0.477 e. The maximum absolute atomic E-state index is 12.9. The fourth-order valence-corrected chi connectivity index (χ4v) is 1.11. The molecule has 0 unspecified atom stereocenters. The first-order valence-electron chi connectivity index (χ1n) is 5.16. The number of carboxylic acid groups (broad SMARTS) is 1. The predicted molar refractivity (Wildman–Crippen MR) is 46.1 cm³/mol. The average Bonchev–Trinajstić information content (AvgIpc) is 3.09. The summed E-state index contributed by atoms with van der Waals surface area (Å²) in [6.07, 6.45) is -5.23. The van der Waals surface area contributed by atoms with Crippen LogP contribution in [0, 0.1) is 5.92 Å². The lowest BCUT2D eigenvalue weighted by molar-refractivity contribution is -0.423. The molecule has 1 fully saturated rings. The van der Waals surface area contributed by atoms with E-state index in [1.165, 1.54) is 0 Å². The van der Waals surface area contributed by atoms with E-state index in [0.717, 1.165) is 0 Å². The van der Waals surface area contributed by atoms with Gasteiger partial charge in [0.15, 0.2) is 0 Å². The van der Waals surface area contributed by atoms with Crippen LogP contribution in [0.4, 0.5) is 35.1 Å². The Labute approximate surface area is 106 Å². The van der Waals surface area contributed by atoms with Gasteiger partial charge in [0.25, 0.3) is 0 Å². The van der Waals surface area contributed by atoms with Gasteiger partial charge in [-0.3, -0.25) is 0 Å². The molecule has 11 heteroatoms. The summed E-state index contributed by atoms with van der Waals surface area (Å²) >= 11 is 0. The van der Waals surface area contributed by atoms with E-state index in [4.69, 9.17) is 5.11 Å². The first-order chi connectivity index (χ1) is 8.77. The Morgan fingerprint density at radius 1 is 1.00 bits per heavy atom. The summed E-state index contributed by atoms with van der Waals surface area (Å²) in [7, 11) is 0. The van der Waals surface area contributed by atoms with Crippen LogP contribution in [0.1, 0.15) is 12.8 Å². The summed E-state index contributed by atoms with van der Waals surface area (Å²) in [5, 5.41) is 7.79. The number of rotatable bonds is 7. The van der Waals surface area contributed by atoms with Crippen LogP contribution in [0.5, 0.6) is 0 Å². The molecular weight excluding hydrogens is 308 g/mol. The minimum Gasteiger partial charge on any atom is -0.477 e. The van der Waals surface area contributed by atoms with Crippen LogP contribution in [0.15, 0.2) is 0 Å². The van der Waals surface area contributed by atoms with Gasteiger partial charge in [-0.25, -0.2) is 4.79 Å². The van der Waals surface area contributed by atoms with Gasteiger partial charge in [0, 0.05) is 0 Å². The van der Waals surface area contributed by atoms with Gasteiger partial charge in [0.2, 0.25) is 0 Å². The second-order valence-corrected chi connectivity index (χ2v) is 4.30. The Bertz CT molecular complexity index is 391. The van der Waals surface area contributed by atoms with Gasteiger partial charge < -0.3 is 9.84 Å². The quantitative estimate of drug-likeness (QED) is 0.735. The zero-order valence-corrected chi connectivity index (χ0v) is 9.49. The molecule has 0 radical (unpaired) electrons. The number of carboxylic acids is 1. The standard InChI is InChI=1S/C9H8F8O3/c10-6(11,5(18)19)7(12,13)8(14,15)9(16,17)20-3-4-1-2-4/h4H,1-3H2,(H,18,19). The van der Waals surface area contributed by atoms with E-state index in [2.05, 4.69) is 4.74 Å². The van der Waals surface area contributed by atoms with Crippen molar-refractivity contribution in [3.8, 4) is 0 Å². The van der Waals surface area contributed by atoms with Crippen LogP contribution in [-0.2, 0) is 9.53 Å². The Balaban J connectivity index is 3.01. The fourth-order valence-electron chi connectivity index (χ4n) is 1.11. The first kappa shape index (κ1) is 16.9. The minimum absolute atomic E-state index is 0.351. The third-order valence-electron chi connectivity index (χ3n) is 2.62. The van der Waals surface area contributed by atoms with E-state index in [1.54, 1.807) is 0 Å². The Kier molecular flexibility index (Phi) is 3.98. The molecule has 0 aromatic rings. The minimum atomic E-state index is -6.83. The summed E-state index contributed by atoms with van der Waals surface area (Å²) in [5.41, 5.74) is 0. The molecule has 0 saturated heterocycles. The number of ether oxygens (including phenoxy) is 1. The molecule has 1 rings (SSSR count). The van der Waals surface area contributed by atoms with Crippen LogP contribution < -0.4 is 0 Å². The lowest BCUT2D eigenvalue weighted by Crippen LogP contribution is -2.65. The Morgan fingerprint density at radius 2 is 1.45 bits per heavy atom. The summed E-state index contributed by atoms with van der Waals surface area (Å²) in [4.78, 5) is 9.87. The number of aliphatic carboxylic acids is 1. The topological polar surface area (TPSA) is 46.5 Å². The zero-order chi connectivity index (χ0) is 16.0. The SMILES string of the molecule is O=C(O)C(F)(F)C(F)(F)C(F)(F)C(F)(F)OCC1CC1. The van der Waals surface area contributed by atoms with Crippen LogP contribution in [0.25, 0.3) is 0 Å². The van der Waals surface area contributed by atoms with Crippen molar-refractivity contribution in [2.24, 2.45) is 5.92 Å². The van der Waals surface area contributed by atoms with Gasteiger partial charge in [0.1, 0.15) is 0 Å². The van der Waals surface area contributed by atoms with Gasteiger partial charge in [0.05, 0.1) is 6.61 Å². The number of halogens is 8. The Morgan fingerprint density at radius 3 is 1.80 bits per heavy atom. The molecule has 0 atom stereocenters. The van der Waals surface area contributed by atoms with Crippen molar-refractivity contribution in [3.63, 3.8) is 0 Å². The maximum Gasteiger partial charge on any atom is 0.426 e. The molecule has 1 aliphatic rings. The molecular formula is C9H8F8O3. The van der Waals surface area contributed by atoms with Gasteiger partial charge in [-0.05, 0) is 18.8 Å². The molecule has 0 bridgehead atoms. The first-order valence-corrected chi connectivity index (χ1v) is 5.16. The number of hydrogen-bond donors (Lipinski definition) is 1. The molecule has 1 aliphatic carbocycles. The molecule has 0 spiro atoms. The summed E-state index contributed by atoms with van der Waals surface area (Å²) in [6, 6.07) is 0. The number of carbonyl (C=O) groups is 1. The van der Waals surface area contributed by atoms with Crippen molar-refractivity contribution >= 4 is 5.97 Å². The molecule has 1 N–H and O–H groups in total. The van der Waals surface area contributed by atoms with Crippen molar-refractivity contribution in [2.75, 3.05) is 6.61 Å². The second kappa shape index (κ2) is 4.71. The molecule has 0 aromatic heterocycles. The van der Waals surface area contributed by atoms with Gasteiger partial charge in [-0.2, -0.15) is 35.1 Å². The van der Waals surface area contributed by atoms with E-state index >= 15 is 0 Å². The third kappa shape index (κ3) is 2.54. The molecule has 0 aromatic carbocycles. The highest BCUT2D eigenvalue weighted by molar-refractivity contribution is 5.77. The maximum atomic E-state index is 12.9.